The number of aromatic nitrogens is 1. The summed E-state index contributed by atoms with van der Waals surface area (Å²) in [6.07, 6.45) is 0.331. The normalized spacial score (nSPS) is 11.6. The van der Waals surface area contributed by atoms with Crippen molar-refractivity contribution < 1.29 is 19.1 Å². The number of carbonyl (C=O) groups is 3. The van der Waals surface area contributed by atoms with Gasteiger partial charge in [0.15, 0.2) is 0 Å². The van der Waals surface area contributed by atoms with Crippen molar-refractivity contribution in [3.63, 3.8) is 0 Å². The number of anilines is 2. The highest BCUT2D eigenvalue weighted by molar-refractivity contribution is 6.04. The minimum atomic E-state index is -0.767. The average Bonchev–Trinajstić information content (AvgIpc) is 3.29. The van der Waals surface area contributed by atoms with Crippen LogP contribution in [0.3, 0.4) is 0 Å². The van der Waals surface area contributed by atoms with E-state index in [0.29, 0.717) is 35.7 Å². The molecule has 8 heteroatoms. The van der Waals surface area contributed by atoms with Crippen LogP contribution in [0.25, 0.3) is 10.9 Å². The van der Waals surface area contributed by atoms with Crippen LogP contribution in [-0.4, -0.2) is 35.4 Å². The van der Waals surface area contributed by atoms with Crippen LogP contribution in [0.4, 0.5) is 11.4 Å². The molecule has 1 heterocycles. The number of amides is 2. The molecule has 0 spiro atoms. The van der Waals surface area contributed by atoms with Gasteiger partial charge < -0.3 is 26.1 Å². The van der Waals surface area contributed by atoms with Crippen LogP contribution in [-0.2, 0) is 16.0 Å². The number of hydrogen-bond donors (Lipinski definition) is 4. The lowest BCUT2D eigenvalue weighted by atomic mass is 10.1. The highest BCUT2D eigenvalue weighted by Crippen LogP contribution is 2.21. The van der Waals surface area contributed by atoms with Crippen molar-refractivity contribution in [2.45, 2.75) is 19.4 Å². The van der Waals surface area contributed by atoms with Crippen LogP contribution >= 0.6 is 0 Å². The van der Waals surface area contributed by atoms with Gasteiger partial charge >= 0.3 is 5.97 Å². The number of rotatable bonds is 8. The second-order valence-electron chi connectivity index (χ2n) is 8.02. The molecule has 1 aromatic heterocycles. The van der Waals surface area contributed by atoms with Crippen molar-refractivity contribution in [3.05, 3.63) is 95.7 Å². The van der Waals surface area contributed by atoms with Crippen LogP contribution in [0.2, 0.25) is 0 Å². The van der Waals surface area contributed by atoms with Crippen LogP contribution in [0.15, 0.2) is 78.9 Å². The lowest BCUT2D eigenvalue weighted by molar-refractivity contribution is -0.117. The summed E-state index contributed by atoms with van der Waals surface area (Å²) < 4.78 is 5.01. The van der Waals surface area contributed by atoms with Crippen molar-refractivity contribution in [1.29, 1.82) is 0 Å². The van der Waals surface area contributed by atoms with Gasteiger partial charge in [0.1, 0.15) is 5.69 Å². The summed E-state index contributed by atoms with van der Waals surface area (Å²) in [5, 5.41) is 6.44. The van der Waals surface area contributed by atoms with Gasteiger partial charge in [-0.1, -0.05) is 30.3 Å². The maximum Gasteiger partial charge on any atom is 0.354 e. The third-order valence-electron chi connectivity index (χ3n) is 5.42. The summed E-state index contributed by atoms with van der Waals surface area (Å²) in [5.41, 5.74) is 9.91. The van der Waals surface area contributed by atoms with Crippen LogP contribution in [0.1, 0.15) is 33.3 Å². The number of aromatic amines is 1. The number of carbonyl (C=O) groups excluding carboxylic acids is 3. The average molecular weight is 471 g/mol. The first-order valence-electron chi connectivity index (χ1n) is 11.2. The first-order chi connectivity index (χ1) is 16.9. The fraction of sp³-hybridized carbons (Fsp3) is 0.148. The van der Waals surface area contributed by atoms with Crippen LogP contribution in [0, 0.1) is 0 Å². The Morgan fingerprint density at radius 2 is 1.63 bits per heavy atom. The van der Waals surface area contributed by atoms with E-state index in [2.05, 4.69) is 15.6 Å². The summed E-state index contributed by atoms with van der Waals surface area (Å²) in [5.74, 6) is -0.947. The molecule has 0 aliphatic carbocycles. The van der Waals surface area contributed by atoms with E-state index in [1.807, 2.05) is 30.3 Å². The van der Waals surface area contributed by atoms with Crippen molar-refractivity contribution in [3.8, 4) is 0 Å². The monoisotopic (exact) mass is 470 g/mol. The van der Waals surface area contributed by atoms with Crippen molar-refractivity contribution in [2.24, 2.45) is 5.73 Å². The molecule has 3 aromatic carbocycles. The fourth-order valence-corrected chi connectivity index (χ4v) is 3.63. The topological polar surface area (TPSA) is 126 Å². The second kappa shape index (κ2) is 10.7. The zero-order chi connectivity index (χ0) is 24.8. The van der Waals surface area contributed by atoms with E-state index in [-0.39, 0.29) is 11.8 Å². The fourth-order valence-electron chi connectivity index (χ4n) is 3.63. The lowest BCUT2D eigenvalue weighted by Crippen LogP contribution is -2.37. The van der Waals surface area contributed by atoms with Crippen molar-refractivity contribution >= 4 is 40.1 Å². The van der Waals surface area contributed by atoms with Gasteiger partial charge in [-0.05, 0) is 67.4 Å². The molecule has 2 amide bonds. The number of benzene rings is 3. The molecule has 0 saturated heterocycles. The minimum absolute atomic E-state index is 0.191. The molecule has 0 radical (unpaired) electrons. The molecule has 0 aliphatic rings. The molecule has 0 saturated carbocycles. The van der Waals surface area contributed by atoms with Crippen LogP contribution < -0.4 is 16.4 Å². The molecular weight excluding hydrogens is 444 g/mol. The Bertz CT molecular complexity index is 1350. The Balaban J connectivity index is 1.34. The van der Waals surface area contributed by atoms with E-state index in [1.165, 1.54) is 0 Å². The molecule has 178 valence electrons. The number of nitrogens with two attached hydrogens (primary N) is 1. The zero-order valence-corrected chi connectivity index (χ0v) is 19.2. The number of H-pyrrole nitrogens is 1. The molecule has 0 fully saturated rings. The Kier molecular flexibility index (Phi) is 7.23. The maximum atomic E-state index is 12.6. The molecule has 0 aliphatic heterocycles. The number of fused-ring (bicyclic) bond motifs is 1. The summed E-state index contributed by atoms with van der Waals surface area (Å²) in [4.78, 5) is 39.8. The summed E-state index contributed by atoms with van der Waals surface area (Å²) in [6, 6.07) is 22.4. The zero-order valence-electron chi connectivity index (χ0n) is 19.2. The number of ether oxygens (including phenoxy) is 1. The molecule has 8 nitrogen and oxygen atoms in total. The van der Waals surface area contributed by atoms with Gasteiger partial charge in [0.25, 0.3) is 5.91 Å². The van der Waals surface area contributed by atoms with E-state index in [9.17, 15) is 14.4 Å². The molecule has 35 heavy (non-hydrogen) atoms. The Morgan fingerprint density at radius 1 is 0.914 bits per heavy atom. The van der Waals surface area contributed by atoms with E-state index in [4.69, 9.17) is 10.5 Å². The predicted molar refractivity (Wildman–Crippen MR) is 135 cm³/mol. The Hall–Kier alpha value is -4.43. The molecule has 5 N–H and O–H groups in total. The minimum Gasteiger partial charge on any atom is -0.461 e. The van der Waals surface area contributed by atoms with Gasteiger partial charge in [0, 0.05) is 27.8 Å². The number of hydrogen-bond acceptors (Lipinski definition) is 5. The predicted octanol–water partition coefficient (Wildman–Crippen LogP) is 4.11. The third-order valence-corrected chi connectivity index (χ3v) is 5.42. The Morgan fingerprint density at radius 3 is 2.34 bits per heavy atom. The van der Waals surface area contributed by atoms with Gasteiger partial charge in [0.05, 0.1) is 12.6 Å². The highest BCUT2D eigenvalue weighted by Gasteiger charge is 2.16. The number of esters is 1. The molecular formula is C27H26N4O4. The molecule has 4 rings (SSSR count). The number of nitrogens with one attached hydrogen (secondary N) is 3. The first kappa shape index (κ1) is 23.7. The maximum absolute atomic E-state index is 12.6. The quantitative estimate of drug-likeness (QED) is 0.288. The smallest absolute Gasteiger partial charge is 0.354 e. The molecule has 4 aromatic rings. The SMILES string of the molecule is CCOC(=O)c1cc2cc(NC(=O)[C@@H](N)Cc3ccc(NC(=O)c4ccccc4)cc3)ccc2[nH]1. The van der Waals surface area contributed by atoms with Gasteiger partial charge in [-0.2, -0.15) is 0 Å². The first-order valence-corrected chi connectivity index (χ1v) is 11.2. The van der Waals surface area contributed by atoms with Crippen molar-refractivity contribution in [2.75, 3.05) is 17.2 Å². The van der Waals surface area contributed by atoms with Gasteiger partial charge in [0.2, 0.25) is 5.91 Å². The van der Waals surface area contributed by atoms with Gasteiger partial charge in [-0.25, -0.2) is 4.79 Å². The summed E-state index contributed by atoms with van der Waals surface area (Å²) >= 11 is 0. The Labute approximate surface area is 202 Å². The lowest BCUT2D eigenvalue weighted by Gasteiger charge is -2.13. The van der Waals surface area contributed by atoms with Gasteiger partial charge in [-0.15, -0.1) is 0 Å². The van der Waals surface area contributed by atoms with Gasteiger partial charge in [-0.3, -0.25) is 9.59 Å². The van der Waals surface area contributed by atoms with E-state index in [1.54, 1.807) is 55.5 Å². The van der Waals surface area contributed by atoms with Crippen LogP contribution in [0.5, 0.6) is 0 Å². The van der Waals surface area contributed by atoms with E-state index in [0.717, 1.165) is 16.5 Å². The second-order valence-corrected chi connectivity index (χ2v) is 8.02. The largest absolute Gasteiger partial charge is 0.461 e. The molecule has 1 atom stereocenters. The van der Waals surface area contributed by atoms with E-state index < -0.39 is 12.0 Å². The standard InChI is InChI=1S/C27H26N4O4/c1-2-35-27(34)24-16-19-15-21(12-13-23(19)31-24)30-26(33)22(28)14-17-8-10-20(11-9-17)29-25(32)18-6-4-3-5-7-18/h3-13,15-16,22,31H,2,14,28H2,1H3,(H,29,32)(H,30,33)/t22-/m0/s1. The third kappa shape index (κ3) is 5.93. The molecule has 0 bridgehead atoms. The van der Waals surface area contributed by atoms with E-state index >= 15 is 0 Å². The summed E-state index contributed by atoms with van der Waals surface area (Å²) in [7, 11) is 0. The van der Waals surface area contributed by atoms with Crippen molar-refractivity contribution in [1.82, 2.24) is 4.98 Å². The summed E-state index contributed by atoms with van der Waals surface area (Å²) in [6.45, 7) is 2.04. The highest BCUT2D eigenvalue weighted by atomic mass is 16.5. The molecule has 0 unspecified atom stereocenters.